The summed E-state index contributed by atoms with van der Waals surface area (Å²) in [6, 6.07) is 20.2. The Labute approximate surface area is 187 Å². The third-order valence-electron chi connectivity index (χ3n) is 5.43. The second kappa shape index (κ2) is 9.43. The van der Waals surface area contributed by atoms with E-state index in [-0.39, 0.29) is 11.9 Å². The van der Waals surface area contributed by atoms with Crippen LogP contribution in [0.25, 0.3) is 0 Å². The molecule has 0 aliphatic carbocycles. The third-order valence-corrected chi connectivity index (χ3v) is 5.43. The number of nitrogens with one attached hydrogen (secondary N) is 2. The molecule has 0 saturated heterocycles. The summed E-state index contributed by atoms with van der Waals surface area (Å²) in [6.07, 6.45) is 0. The van der Waals surface area contributed by atoms with Crippen molar-refractivity contribution in [1.82, 2.24) is 10.2 Å². The number of amides is 3. The molecule has 0 atom stereocenters. The SMILES string of the molecule is COc1ccc(CNC(=O)c2ccc(NC(=O)N3Cc4ccccc4C3)cc2)cc1OC. The van der Waals surface area contributed by atoms with Gasteiger partial charge in [0.05, 0.1) is 14.2 Å². The van der Waals surface area contributed by atoms with E-state index in [9.17, 15) is 9.59 Å². The highest BCUT2D eigenvalue weighted by atomic mass is 16.5. The Morgan fingerprint density at radius 2 is 1.53 bits per heavy atom. The van der Waals surface area contributed by atoms with Crippen LogP contribution < -0.4 is 20.1 Å². The number of anilines is 1. The number of fused-ring (bicyclic) bond motifs is 1. The molecular weight excluding hydrogens is 406 g/mol. The Morgan fingerprint density at radius 1 is 0.875 bits per heavy atom. The average molecular weight is 431 g/mol. The first-order chi connectivity index (χ1) is 15.6. The van der Waals surface area contributed by atoms with E-state index in [1.54, 1.807) is 49.5 Å². The van der Waals surface area contributed by atoms with Crippen LogP contribution in [0.5, 0.6) is 11.5 Å². The molecule has 0 fully saturated rings. The smallest absolute Gasteiger partial charge is 0.322 e. The van der Waals surface area contributed by atoms with Crippen molar-refractivity contribution >= 4 is 17.6 Å². The van der Waals surface area contributed by atoms with Crippen molar-refractivity contribution in [1.29, 1.82) is 0 Å². The van der Waals surface area contributed by atoms with Crippen LogP contribution in [-0.2, 0) is 19.6 Å². The van der Waals surface area contributed by atoms with Crippen molar-refractivity contribution in [3.8, 4) is 11.5 Å². The van der Waals surface area contributed by atoms with Gasteiger partial charge in [-0.15, -0.1) is 0 Å². The molecule has 0 saturated carbocycles. The van der Waals surface area contributed by atoms with E-state index in [1.807, 2.05) is 36.4 Å². The Morgan fingerprint density at radius 3 is 2.16 bits per heavy atom. The number of hydrogen-bond acceptors (Lipinski definition) is 4. The maximum absolute atomic E-state index is 12.6. The molecule has 1 aliphatic heterocycles. The van der Waals surface area contributed by atoms with E-state index in [4.69, 9.17) is 9.47 Å². The van der Waals surface area contributed by atoms with Gasteiger partial charge in [-0.25, -0.2) is 4.79 Å². The van der Waals surface area contributed by atoms with Gasteiger partial charge in [-0.2, -0.15) is 0 Å². The van der Waals surface area contributed by atoms with Crippen LogP contribution in [0.2, 0.25) is 0 Å². The third kappa shape index (κ3) is 4.67. The summed E-state index contributed by atoms with van der Waals surface area (Å²) in [5, 5.41) is 5.78. The van der Waals surface area contributed by atoms with Crippen LogP contribution in [0, 0.1) is 0 Å². The molecule has 0 spiro atoms. The molecule has 0 unspecified atom stereocenters. The van der Waals surface area contributed by atoms with Crippen LogP contribution in [0.1, 0.15) is 27.0 Å². The van der Waals surface area contributed by atoms with E-state index < -0.39 is 0 Å². The summed E-state index contributed by atoms with van der Waals surface area (Å²) in [4.78, 5) is 26.8. The Bertz CT molecular complexity index is 1100. The van der Waals surface area contributed by atoms with Gasteiger partial charge in [-0.05, 0) is 53.1 Å². The van der Waals surface area contributed by atoms with E-state index >= 15 is 0 Å². The minimum Gasteiger partial charge on any atom is -0.493 e. The molecule has 32 heavy (non-hydrogen) atoms. The van der Waals surface area contributed by atoms with Crippen molar-refractivity contribution < 1.29 is 19.1 Å². The number of benzene rings is 3. The summed E-state index contributed by atoms with van der Waals surface area (Å²) in [7, 11) is 3.15. The minimum atomic E-state index is -0.201. The Balaban J connectivity index is 1.31. The molecule has 3 aromatic carbocycles. The summed E-state index contributed by atoms with van der Waals surface area (Å²) >= 11 is 0. The average Bonchev–Trinajstić information content (AvgIpc) is 3.27. The lowest BCUT2D eigenvalue weighted by Crippen LogP contribution is -2.30. The Kier molecular flexibility index (Phi) is 6.26. The van der Waals surface area contributed by atoms with Crippen molar-refractivity contribution in [3.63, 3.8) is 0 Å². The van der Waals surface area contributed by atoms with E-state index in [0.29, 0.717) is 42.4 Å². The standard InChI is InChI=1S/C25H25N3O4/c1-31-22-12-7-17(13-23(22)32-2)14-26-24(29)18-8-10-21(11-9-18)27-25(30)28-15-19-5-3-4-6-20(19)16-28/h3-13H,14-16H2,1-2H3,(H,26,29)(H,27,30). The van der Waals surface area contributed by atoms with Crippen molar-refractivity contribution in [2.24, 2.45) is 0 Å². The predicted octanol–water partition coefficient (Wildman–Crippen LogP) is 4.18. The van der Waals surface area contributed by atoms with Crippen LogP contribution in [-0.4, -0.2) is 31.1 Å². The Hall–Kier alpha value is -4.00. The first kappa shape index (κ1) is 21.2. The maximum atomic E-state index is 12.6. The summed E-state index contributed by atoms with van der Waals surface area (Å²) in [6.45, 7) is 1.55. The van der Waals surface area contributed by atoms with E-state index in [2.05, 4.69) is 10.6 Å². The number of methoxy groups -OCH3 is 2. The molecule has 7 heteroatoms. The second-order valence-electron chi connectivity index (χ2n) is 7.50. The molecule has 3 amide bonds. The van der Waals surface area contributed by atoms with Crippen LogP contribution >= 0.6 is 0 Å². The summed E-state index contributed by atoms with van der Waals surface area (Å²) in [5.41, 5.74) is 4.39. The molecule has 4 rings (SSSR count). The molecule has 1 aliphatic rings. The van der Waals surface area contributed by atoms with Gasteiger partial charge >= 0.3 is 6.03 Å². The van der Waals surface area contributed by atoms with Crippen LogP contribution in [0.4, 0.5) is 10.5 Å². The zero-order chi connectivity index (χ0) is 22.5. The van der Waals surface area contributed by atoms with Gasteiger partial charge in [0.2, 0.25) is 0 Å². The zero-order valence-corrected chi connectivity index (χ0v) is 18.1. The van der Waals surface area contributed by atoms with Crippen molar-refractivity contribution in [3.05, 3.63) is 89.0 Å². The van der Waals surface area contributed by atoms with E-state index in [1.165, 1.54) is 11.1 Å². The number of nitrogens with zero attached hydrogens (tertiary/aromatic N) is 1. The molecule has 7 nitrogen and oxygen atoms in total. The van der Waals surface area contributed by atoms with Gasteiger partial charge in [0.15, 0.2) is 11.5 Å². The fourth-order valence-electron chi connectivity index (χ4n) is 3.66. The normalized spacial score (nSPS) is 12.1. The number of ether oxygens (including phenoxy) is 2. The lowest BCUT2D eigenvalue weighted by Gasteiger charge is -2.16. The predicted molar refractivity (Wildman–Crippen MR) is 122 cm³/mol. The zero-order valence-electron chi connectivity index (χ0n) is 18.1. The fraction of sp³-hybridized carbons (Fsp3) is 0.200. The first-order valence-corrected chi connectivity index (χ1v) is 10.3. The molecule has 164 valence electrons. The largest absolute Gasteiger partial charge is 0.493 e. The van der Waals surface area contributed by atoms with Gasteiger partial charge in [0.1, 0.15) is 0 Å². The van der Waals surface area contributed by atoms with Gasteiger partial charge in [-0.1, -0.05) is 30.3 Å². The number of rotatable bonds is 6. The first-order valence-electron chi connectivity index (χ1n) is 10.3. The van der Waals surface area contributed by atoms with Crippen molar-refractivity contribution in [2.45, 2.75) is 19.6 Å². The molecule has 0 bridgehead atoms. The molecular formula is C25H25N3O4. The molecule has 2 N–H and O–H groups in total. The van der Waals surface area contributed by atoms with Gasteiger partial charge in [0, 0.05) is 30.9 Å². The highest BCUT2D eigenvalue weighted by molar-refractivity contribution is 5.95. The number of carbonyl (C=O) groups excluding carboxylic acids is 2. The quantitative estimate of drug-likeness (QED) is 0.614. The monoisotopic (exact) mass is 431 g/mol. The second-order valence-corrected chi connectivity index (χ2v) is 7.50. The van der Waals surface area contributed by atoms with Gasteiger partial charge in [-0.3, -0.25) is 4.79 Å². The van der Waals surface area contributed by atoms with Crippen LogP contribution in [0.15, 0.2) is 66.7 Å². The summed E-state index contributed by atoms with van der Waals surface area (Å²) < 4.78 is 10.5. The van der Waals surface area contributed by atoms with Gasteiger partial charge in [0.25, 0.3) is 5.91 Å². The van der Waals surface area contributed by atoms with Crippen LogP contribution in [0.3, 0.4) is 0 Å². The number of carbonyl (C=O) groups is 2. The molecule has 1 heterocycles. The molecule has 0 radical (unpaired) electrons. The van der Waals surface area contributed by atoms with Gasteiger partial charge < -0.3 is 25.0 Å². The molecule has 3 aromatic rings. The number of urea groups is 1. The minimum absolute atomic E-state index is 0.160. The highest BCUT2D eigenvalue weighted by Crippen LogP contribution is 2.27. The summed E-state index contributed by atoms with van der Waals surface area (Å²) in [5.74, 6) is 1.05. The maximum Gasteiger partial charge on any atom is 0.322 e. The highest BCUT2D eigenvalue weighted by Gasteiger charge is 2.22. The van der Waals surface area contributed by atoms with E-state index in [0.717, 1.165) is 5.56 Å². The molecule has 0 aromatic heterocycles. The topological polar surface area (TPSA) is 79.9 Å². The fourth-order valence-corrected chi connectivity index (χ4v) is 3.66. The lowest BCUT2D eigenvalue weighted by molar-refractivity contribution is 0.0951. The van der Waals surface area contributed by atoms with Crippen molar-refractivity contribution in [2.75, 3.05) is 19.5 Å². The lowest BCUT2D eigenvalue weighted by atomic mass is 10.1. The number of hydrogen-bond donors (Lipinski definition) is 2.